The lowest BCUT2D eigenvalue weighted by molar-refractivity contribution is -0.149. The first-order valence-electron chi connectivity index (χ1n) is 7.32. The van der Waals surface area contributed by atoms with Gasteiger partial charge in [-0.2, -0.15) is 0 Å². The van der Waals surface area contributed by atoms with E-state index in [-0.39, 0.29) is 18.6 Å². The summed E-state index contributed by atoms with van der Waals surface area (Å²) in [5.41, 5.74) is 0. The number of piperidine rings is 1. The van der Waals surface area contributed by atoms with E-state index >= 15 is 0 Å². The summed E-state index contributed by atoms with van der Waals surface area (Å²) in [4.78, 5) is 25.1. The number of carbonyl (C=O) groups excluding carboxylic acids is 1. The Morgan fingerprint density at radius 3 is 2.64 bits per heavy atom. The maximum Gasteiger partial charge on any atom is 0.308 e. The second kappa shape index (κ2) is 7.15. The maximum atomic E-state index is 12.3. The second-order valence-electron chi connectivity index (χ2n) is 5.35. The lowest BCUT2D eigenvalue weighted by Gasteiger charge is -2.37. The molecule has 0 saturated carbocycles. The van der Waals surface area contributed by atoms with Crippen LogP contribution in [0.1, 0.15) is 19.8 Å². The highest BCUT2D eigenvalue weighted by Crippen LogP contribution is 2.27. The minimum atomic E-state index is -0.851. The number of nitrogens with zero attached hydrogens (tertiary/aromatic N) is 1. The van der Waals surface area contributed by atoms with Gasteiger partial charge in [0.15, 0.2) is 18.1 Å². The Balaban J connectivity index is 1.98. The largest absolute Gasteiger partial charge is 0.493 e. The van der Waals surface area contributed by atoms with E-state index in [2.05, 4.69) is 0 Å². The van der Waals surface area contributed by atoms with Crippen molar-refractivity contribution in [2.24, 2.45) is 5.92 Å². The third-order valence-corrected chi connectivity index (χ3v) is 4.05. The van der Waals surface area contributed by atoms with Crippen molar-refractivity contribution in [1.29, 1.82) is 0 Å². The van der Waals surface area contributed by atoms with Crippen molar-refractivity contribution in [3.05, 3.63) is 24.3 Å². The van der Waals surface area contributed by atoms with Crippen LogP contribution in [0.2, 0.25) is 0 Å². The van der Waals surface area contributed by atoms with Gasteiger partial charge in [-0.05, 0) is 31.9 Å². The van der Waals surface area contributed by atoms with Crippen molar-refractivity contribution in [3.63, 3.8) is 0 Å². The predicted octanol–water partition coefficient (Wildman–Crippen LogP) is 1.79. The van der Waals surface area contributed by atoms with Gasteiger partial charge in [0.1, 0.15) is 0 Å². The Morgan fingerprint density at radius 2 is 2.00 bits per heavy atom. The van der Waals surface area contributed by atoms with Gasteiger partial charge in [-0.1, -0.05) is 12.1 Å². The molecule has 1 saturated heterocycles. The van der Waals surface area contributed by atoms with E-state index in [1.165, 1.54) is 7.11 Å². The summed E-state index contributed by atoms with van der Waals surface area (Å²) < 4.78 is 10.7. The van der Waals surface area contributed by atoms with Crippen LogP contribution in [-0.2, 0) is 9.59 Å². The van der Waals surface area contributed by atoms with Gasteiger partial charge in [-0.25, -0.2) is 0 Å². The fourth-order valence-electron chi connectivity index (χ4n) is 2.79. The molecule has 0 spiro atoms. The summed E-state index contributed by atoms with van der Waals surface area (Å²) in [5, 5.41) is 9.20. The molecular weight excluding hydrogens is 286 g/mol. The molecule has 1 amide bonds. The summed E-state index contributed by atoms with van der Waals surface area (Å²) in [6.07, 6.45) is 1.30. The summed E-state index contributed by atoms with van der Waals surface area (Å²) in [7, 11) is 1.54. The van der Waals surface area contributed by atoms with Crippen LogP contribution in [0.3, 0.4) is 0 Å². The number of likely N-dealkylation sites (tertiary alicyclic amines) is 1. The summed E-state index contributed by atoms with van der Waals surface area (Å²) in [5.74, 6) is -0.507. The number of aliphatic carboxylic acids is 1. The maximum absolute atomic E-state index is 12.3. The number of benzene rings is 1. The molecule has 0 aliphatic carbocycles. The average molecular weight is 307 g/mol. The molecule has 6 heteroatoms. The molecule has 1 aromatic rings. The first-order valence-corrected chi connectivity index (χ1v) is 7.32. The van der Waals surface area contributed by atoms with Crippen LogP contribution in [-0.4, -0.2) is 48.2 Å². The molecule has 0 aromatic heterocycles. The Morgan fingerprint density at radius 1 is 1.32 bits per heavy atom. The second-order valence-corrected chi connectivity index (χ2v) is 5.35. The molecule has 1 aliphatic rings. The molecule has 0 unspecified atom stereocenters. The third-order valence-electron chi connectivity index (χ3n) is 4.05. The van der Waals surface area contributed by atoms with E-state index in [4.69, 9.17) is 9.47 Å². The minimum absolute atomic E-state index is 0.128. The first-order chi connectivity index (χ1) is 10.5. The smallest absolute Gasteiger partial charge is 0.308 e. The molecule has 120 valence electrons. The third kappa shape index (κ3) is 3.50. The highest BCUT2D eigenvalue weighted by atomic mass is 16.5. The number of ether oxygens (including phenoxy) is 2. The molecule has 22 heavy (non-hydrogen) atoms. The van der Waals surface area contributed by atoms with Crippen LogP contribution >= 0.6 is 0 Å². The lowest BCUT2D eigenvalue weighted by atomic mass is 9.90. The fourth-order valence-corrected chi connectivity index (χ4v) is 2.79. The van der Waals surface area contributed by atoms with E-state index in [0.717, 1.165) is 0 Å². The zero-order valence-corrected chi connectivity index (χ0v) is 12.8. The number of hydrogen-bond acceptors (Lipinski definition) is 4. The summed E-state index contributed by atoms with van der Waals surface area (Å²) in [6.45, 7) is 2.22. The quantitative estimate of drug-likeness (QED) is 0.897. The van der Waals surface area contributed by atoms with Crippen LogP contribution in [0.5, 0.6) is 11.5 Å². The molecule has 0 bridgehead atoms. The van der Waals surface area contributed by atoms with Crippen molar-refractivity contribution in [2.45, 2.75) is 25.8 Å². The molecule has 2 rings (SSSR count). The Labute approximate surface area is 129 Å². The lowest BCUT2D eigenvalue weighted by Crippen LogP contribution is -2.50. The number of methoxy groups -OCH3 is 1. The number of para-hydroxylation sites is 2. The van der Waals surface area contributed by atoms with Gasteiger partial charge >= 0.3 is 5.97 Å². The highest BCUT2D eigenvalue weighted by molar-refractivity contribution is 5.80. The molecule has 0 radical (unpaired) electrons. The molecule has 1 aromatic carbocycles. The molecule has 2 atom stereocenters. The van der Waals surface area contributed by atoms with E-state index in [1.807, 2.05) is 6.07 Å². The van der Waals surface area contributed by atoms with E-state index in [9.17, 15) is 14.7 Å². The SMILES string of the molecule is COc1ccccc1OCC(=O)N1CCC[C@H](C(=O)O)[C@@H]1C. The number of carboxylic acids is 1. The Kier molecular flexibility index (Phi) is 5.25. The molecule has 1 fully saturated rings. The van der Waals surface area contributed by atoms with Gasteiger partial charge in [-0.15, -0.1) is 0 Å². The van der Waals surface area contributed by atoms with E-state index < -0.39 is 11.9 Å². The number of hydrogen-bond donors (Lipinski definition) is 1. The van der Waals surface area contributed by atoms with Gasteiger partial charge in [0, 0.05) is 12.6 Å². The van der Waals surface area contributed by atoms with Gasteiger partial charge in [0.05, 0.1) is 13.0 Å². The molecule has 6 nitrogen and oxygen atoms in total. The van der Waals surface area contributed by atoms with E-state index in [0.29, 0.717) is 30.9 Å². The molecule has 1 aliphatic heterocycles. The molecular formula is C16H21NO5. The van der Waals surface area contributed by atoms with Crippen molar-refractivity contribution < 1.29 is 24.2 Å². The zero-order chi connectivity index (χ0) is 16.1. The fraction of sp³-hybridized carbons (Fsp3) is 0.500. The van der Waals surface area contributed by atoms with Crippen molar-refractivity contribution in [2.75, 3.05) is 20.3 Å². The minimum Gasteiger partial charge on any atom is -0.493 e. The summed E-state index contributed by atoms with van der Waals surface area (Å²) in [6, 6.07) is 6.78. The van der Waals surface area contributed by atoms with E-state index in [1.54, 1.807) is 30.0 Å². The van der Waals surface area contributed by atoms with Crippen LogP contribution in [0.25, 0.3) is 0 Å². The van der Waals surface area contributed by atoms with Crippen LogP contribution in [0.4, 0.5) is 0 Å². The van der Waals surface area contributed by atoms with Crippen LogP contribution in [0, 0.1) is 5.92 Å². The number of carbonyl (C=O) groups is 2. The zero-order valence-electron chi connectivity index (χ0n) is 12.8. The Hall–Kier alpha value is -2.24. The normalized spacial score (nSPS) is 21.3. The predicted molar refractivity (Wildman–Crippen MR) is 80.0 cm³/mol. The summed E-state index contributed by atoms with van der Waals surface area (Å²) >= 11 is 0. The van der Waals surface area contributed by atoms with Gasteiger partial charge in [0.2, 0.25) is 0 Å². The van der Waals surface area contributed by atoms with Crippen molar-refractivity contribution in [3.8, 4) is 11.5 Å². The van der Waals surface area contributed by atoms with Crippen LogP contribution in [0.15, 0.2) is 24.3 Å². The average Bonchev–Trinajstić information content (AvgIpc) is 2.52. The number of rotatable bonds is 5. The standard InChI is InChI=1S/C16H21NO5/c1-11-12(16(19)20)6-5-9-17(11)15(18)10-22-14-8-4-3-7-13(14)21-2/h3-4,7-8,11-12H,5-6,9-10H2,1-2H3,(H,19,20)/t11-,12-/m0/s1. The highest BCUT2D eigenvalue weighted by Gasteiger charge is 2.35. The Bertz CT molecular complexity index is 545. The topological polar surface area (TPSA) is 76.1 Å². The number of amides is 1. The van der Waals surface area contributed by atoms with Crippen molar-refractivity contribution >= 4 is 11.9 Å². The number of carboxylic acid groups (broad SMARTS) is 1. The monoisotopic (exact) mass is 307 g/mol. The van der Waals surface area contributed by atoms with Gasteiger partial charge in [-0.3, -0.25) is 9.59 Å². The van der Waals surface area contributed by atoms with Crippen LogP contribution < -0.4 is 9.47 Å². The van der Waals surface area contributed by atoms with Crippen molar-refractivity contribution in [1.82, 2.24) is 4.90 Å². The van der Waals surface area contributed by atoms with Gasteiger partial charge in [0.25, 0.3) is 5.91 Å². The first kappa shape index (κ1) is 16.1. The molecule has 1 heterocycles. The molecule has 1 N–H and O–H groups in total. The van der Waals surface area contributed by atoms with Gasteiger partial charge < -0.3 is 19.5 Å².